The molecule has 1 amide bonds. The summed E-state index contributed by atoms with van der Waals surface area (Å²) in [6, 6.07) is 8.69. The number of nitrogens with zero attached hydrogens (tertiary/aromatic N) is 1. The molecule has 4 rings (SSSR count). The second-order valence-corrected chi connectivity index (χ2v) is 7.19. The minimum absolute atomic E-state index is 0.280. The summed E-state index contributed by atoms with van der Waals surface area (Å²) in [5.74, 6) is 1.70. The van der Waals surface area contributed by atoms with Crippen LogP contribution >= 0.6 is 0 Å². The first kappa shape index (κ1) is 15.7. The Hall–Kier alpha value is -1.81. The van der Waals surface area contributed by atoms with Crippen LogP contribution in [0.25, 0.3) is 11.0 Å². The third-order valence-electron chi connectivity index (χ3n) is 5.37. The summed E-state index contributed by atoms with van der Waals surface area (Å²) in [4.78, 5) is 14.4. The van der Waals surface area contributed by atoms with E-state index in [9.17, 15) is 4.79 Å². The molecule has 1 aliphatic carbocycles. The first-order valence-corrected chi connectivity index (χ1v) is 9.26. The second-order valence-electron chi connectivity index (χ2n) is 7.19. The molecule has 4 heteroatoms. The maximum atomic E-state index is 11.9. The van der Waals surface area contributed by atoms with Crippen LogP contribution in [0.5, 0.6) is 0 Å². The monoisotopic (exact) mass is 326 g/mol. The lowest BCUT2D eigenvalue weighted by Crippen LogP contribution is -2.44. The average Bonchev–Trinajstić information content (AvgIpc) is 3.40. The van der Waals surface area contributed by atoms with Crippen LogP contribution in [0.4, 0.5) is 0 Å². The largest absolute Gasteiger partial charge is 0.461 e. The molecule has 24 heavy (non-hydrogen) atoms. The van der Waals surface area contributed by atoms with Crippen molar-refractivity contribution in [3.63, 3.8) is 0 Å². The van der Waals surface area contributed by atoms with Crippen LogP contribution in [0.3, 0.4) is 0 Å². The standard InChI is InChI=1S/C20H26N2O2/c1-2-18-17(16-5-3-4-6-19(16)24-18)13-22-11-9-15(10-12-22)21-20(23)14-7-8-14/h3-6,14-15H,2,7-13H2,1H3,(H,21,23). The van der Waals surface area contributed by atoms with Gasteiger partial charge in [0.25, 0.3) is 0 Å². The van der Waals surface area contributed by atoms with E-state index in [0.29, 0.717) is 12.0 Å². The number of hydrogen-bond acceptors (Lipinski definition) is 3. The molecule has 128 valence electrons. The fourth-order valence-corrected chi connectivity index (χ4v) is 3.73. The van der Waals surface area contributed by atoms with Crippen molar-refractivity contribution in [1.82, 2.24) is 10.2 Å². The number of nitrogens with one attached hydrogen (secondary N) is 1. The fraction of sp³-hybridized carbons (Fsp3) is 0.550. The lowest BCUT2D eigenvalue weighted by atomic mass is 10.0. The van der Waals surface area contributed by atoms with E-state index in [1.807, 2.05) is 6.07 Å². The van der Waals surface area contributed by atoms with Gasteiger partial charge in [0, 0.05) is 49.0 Å². The number of rotatable bonds is 5. The Morgan fingerprint density at radius 2 is 1.96 bits per heavy atom. The van der Waals surface area contributed by atoms with Crippen LogP contribution < -0.4 is 5.32 Å². The van der Waals surface area contributed by atoms with Crippen molar-refractivity contribution in [3.05, 3.63) is 35.6 Å². The Kier molecular flexibility index (Phi) is 4.31. The van der Waals surface area contributed by atoms with E-state index in [4.69, 9.17) is 4.42 Å². The predicted octanol–water partition coefficient (Wildman–Crippen LogP) is 3.49. The molecule has 0 spiro atoms. The maximum absolute atomic E-state index is 11.9. The highest BCUT2D eigenvalue weighted by Crippen LogP contribution is 2.30. The zero-order valence-electron chi connectivity index (χ0n) is 14.4. The average molecular weight is 326 g/mol. The first-order valence-electron chi connectivity index (χ1n) is 9.26. The number of piperidine rings is 1. The molecule has 1 saturated heterocycles. The SMILES string of the molecule is CCc1oc2ccccc2c1CN1CCC(NC(=O)C2CC2)CC1. The van der Waals surface area contributed by atoms with Crippen LogP contribution in [-0.2, 0) is 17.8 Å². The maximum Gasteiger partial charge on any atom is 0.223 e. The number of hydrogen-bond donors (Lipinski definition) is 1. The Balaban J connectivity index is 1.39. The molecule has 4 nitrogen and oxygen atoms in total. The molecule has 1 N–H and O–H groups in total. The summed E-state index contributed by atoms with van der Waals surface area (Å²) in [5.41, 5.74) is 2.34. The highest BCUT2D eigenvalue weighted by Gasteiger charge is 2.31. The van der Waals surface area contributed by atoms with Gasteiger partial charge in [-0.25, -0.2) is 0 Å². The molecule has 0 atom stereocenters. The highest BCUT2D eigenvalue weighted by atomic mass is 16.3. The molecule has 0 radical (unpaired) electrons. The van der Waals surface area contributed by atoms with Crippen LogP contribution in [0.15, 0.2) is 28.7 Å². The molecule has 0 unspecified atom stereocenters. The second kappa shape index (κ2) is 6.60. The third-order valence-corrected chi connectivity index (χ3v) is 5.37. The summed E-state index contributed by atoms with van der Waals surface area (Å²) in [5, 5.41) is 4.48. The Bertz CT molecular complexity index is 724. The van der Waals surface area contributed by atoms with Gasteiger partial charge in [-0.1, -0.05) is 25.1 Å². The number of furan rings is 1. The zero-order chi connectivity index (χ0) is 16.5. The van der Waals surface area contributed by atoms with Gasteiger partial charge in [-0.3, -0.25) is 9.69 Å². The van der Waals surface area contributed by atoms with Crippen molar-refractivity contribution < 1.29 is 9.21 Å². The highest BCUT2D eigenvalue weighted by molar-refractivity contribution is 5.82. The Morgan fingerprint density at radius 1 is 1.21 bits per heavy atom. The van der Waals surface area contributed by atoms with E-state index in [1.54, 1.807) is 0 Å². The van der Waals surface area contributed by atoms with E-state index >= 15 is 0 Å². The number of aryl methyl sites for hydroxylation is 1. The van der Waals surface area contributed by atoms with E-state index in [2.05, 4.69) is 35.3 Å². The summed E-state index contributed by atoms with van der Waals surface area (Å²) < 4.78 is 6.01. The number of fused-ring (bicyclic) bond motifs is 1. The van der Waals surface area contributed by atoms with Crippen LogP contribution in [0.2, 0.25) is 0 Å². The topological polar surface area (TPSA) is 45.5 Å². The van der Waals surface area contributed by atoms with Gasteiger partial charge in [-0.2, -0.15) is 0 Å². The Morgan fingerprint density at radius 3 is 2.67 bits per heavy atom. The molecular formula is C20H26N2O2. The molecule has 1 aromatic heterocycles. The summed E-state index contributed by atoms with van der Waals surface area (Å²) in [6.45, 7) is 5.18. The fourth-order valence-electron chi connectivity index (χ4n) is 3.73. The third kappa shape index (κ3) is 3.20. The van der Waals surface area contributed by atoms with Gasteiger partial charge < -0.3 is 9.73 Å². The first-order chi connectivity index (χ1) is 11.7. The van der Waals surface area contributed by atoms with Crippen molar-refractivity contribution in [3.8, 4) is 0 Å². The van der Waals surface area contributed by atoms with Crippen LogP contribution in [0.1, 0.15) is 43.9 Å². The quantitative estimate of drug-likeness (QED) is 0.915. The molecule has 1 aliphatic heterocycles. The summed E-state index contributed by atoms with van der Waals surface area (Å²) in [7, 11) is 0. The summed E-state index contributed by atoms with van der Waals surface area (Å²) in [6.07, 6.45) is 5.19. The van der Waals surface area contributed by atoms with Gasteiger partial charge in [0.15, 0.2) is 0 Å². The summed E-state index contributed by atoms with van der Waals surface area (Å²) >= 11 is 0. The number of amides is 1. The number of para-hydroxylation sites is 1. The molecule has 1 saturated carbocycles. The van der Waals surface area contributed by atoms with Gasteiger partial charge in [0.05, 0.1) is 0 Å². The van der Waals surface area contributed by atoms with E-state index in [-0.39, 0.29) is 5.91 Å². The molecule has 2 aliphatic rings. The number of benzene rings is 1. The van der Waals surface area contributed by atoms with Gasteiger partial charge in [0.2, 0.25) is 5.91 Å². The normalized spacial score (nSPS) is 19.7. The zero-order valence-corrected chi connectivity index (χ0v) is 14.4. The molecular weight excluding hydrogens is 300 g/mol. The van der Waals surface area contributed by atoms with Gasteiger partial charge in [-0.05, 0) is 31.7 Å². The van der Waals surface area contributed by atoms with Crippen LogP contribution in [0, 0.1) is 5.92 Å². The number of carbonyl (C=O) groups is 1. The molecule has 1 aromatic carbocycles. The lowest BCUT2D eigenvalue weighted by molar-refractivity contribution is -0.123. The van der Waals surface area contributed by atoms with Gasteiger partial charge in [0.1, 0.15) is 11.3 Å². The van der Waals surface area contributed by atoms with Crippen molar-refractivity contribution in [1.29, 1.82) is 0 Å². The minimum Gasteiger partial charge on any atom is -0.461 e. The van der Waals surface area contributed by atoms with Crippen LogP contribution in [-0.4, -0.2) is 29.9 Å². The molecule has 2 aromatic rings. The minimum atomic E-state index is 0.280. The van der Waals surface area contributed by atoms with Gasteiger partial charge >= 0.3 is 0 Å². The van der Waals surface area contributed by atoms with Gasteiger partial charge in [-0.15, -0.1) is 0 Å². The van der Waals surface area contributed by atoms with Crippen molar-refractivity contribution >= 4 is 16.9 Å². The predicted molar refractivity (Wildman–Crippen MR) is 94.8 cm³/mol. The van der Waals surface area contributed by atoms with E-state index in [0.717, 1.165) is 63.1 Å². The molecule has 0 bridgehead atoms. The van der Waals surface area contributed by atoms with Crippen molar-refractivity contribution in [2.75, 3.05) is 13.1 Å². The number of likely N-dealkylation sites (tertiary alicyclic amines) is 1. The molecule has 2 heterocycles. The lowest BCUT2D eigenvalue weighted by Gasteiger charge is -2.32. The number of carbonyl (C=O) groups excluding carboxylic acids is 1. The smallest absolute Gasteiger partial charge is 0.223 e. The van der Waals surface area contributed by atoms with Crippen molar-refractivity contribution in [2.24, 2.45) is 5.92 Å². The van der Waals surface area contributed by atoms with Crippen molar-refractivity contribution in [2.45, 2.75) is 51.6 Å². The van der Waals surface area contributed by atoms with E-state index in [1.165, 1.54) is 10.9 Å². The molecule has 2 fully saturated rings. The van der Waals surface area contributed by atoms with E-state index < -0.39 is 0 Å². The Labute approximate surface area is 143 Å².